The Morgan fingerprint density at radius 1 is 1.56 bits per heavy atom. The van der Waals surface area contributed by atoms with E-state index in [0.29, 0.717) is 0 Å². The minimum atomic E-state index is -0.555. The van der Waals surface area contributed by atoms with Crippen LogP contribution in [-0.4, -0.2) is 18.4 Å². The highest BCUT2D eigenvalue weighted by atomic mass is 79.9. The number of primary amides is 1. The highest BCUT2D eigenvalue weighted by molar-refractivity contribution is 9.10. The lowest BCUT2D eigenvalue weighted by molar-refractivity contribution is -0.123. The second kappa shape index (κ2) is 4.85. The van der Waals surface area contributed by atoms with E-state index in [1.807, 2.05) is 0 Å². The molecule has 0 spiro atoms. The van der Waals surface area contributed by atoms with Crippen LogP contribution in [0.1, 0.15) is 6.42 Å². The molecule has 0 aliphatic carbocycles. The van der Waals surface area contributed by atoms with Gasteiger partial charge in [0.1, 0.15) is 5.82 Å². The lowest BCUT2D eigenvalue weighted by Crippen LogP contribution is -2.28. The van der Waals surface area contributed by atoms with E-state index in [-0.39, 0.29) is 34.1 Å². The van der Waals surface area contributed by atoms with Crippen LogP contribution in [-0.2, 0) is 9.59 Å². The van der Waals surface area contributed by atoms with E-state index >= 15 is 0 Å². The number of hydrogen-bond donors (Lipinski definition) is 1. The van der Waals surface area contributed by atoms with Crippen LogP contribution in [0.3, 0.4) is 0 Å². The number of carbonyl (C=O) groups excluding carboxylic acids is 2. The summed E-state index contributed by atoms with van der Waals surface area (Å²) in [5.41, 5.74) is 5.42. The SMILES string of the molecule is NC(=O)C1CC(=O)N(c2cc(F)c(Br)cc2Cl)C1. The van der Waals surface area contributed by atoms with Gasteiger partial charge in [0, 0.05) is 19.0 Å². The summed E-state index contributed by atoms with van der Waals surface area (Å²) in [4.78, 5) is 24.1. The van der Waals surface area contributed by atoms with Crippen molar-refractivity contribution in [3.05, 3.63) is 27.4 Å². The predicted molar refractivity (Wildman–Crippen MR) is 68.8 cm³/mol. The number of halogens is 3. The van der Waals surface area contributed by atoms with Crippen molar-refractivity contribution in [2.45, 2.75) is 6.42 Å². The van der Waals surface area contributed by atoms with Crippen LogP contribution in [0.2, 0.25) is 5.02 Å². The third-order valence-corrected chi connectivity index (χ3v) is 3.72. The predicted octanol–water partition coefficient (Wildman–Crippen LogP) is 2.08. The monoisotopic (exact) mass is 334 g/mol. The van der Waals surface area contributed by atoms with Gasteiger partial charge in [-0.15, -0.1) is 0 Å². The Balaban J connectivity index is 2.35. The van der Waals surface area contributed by atoms with Gasteiger partial charge in [0.05, 0.1) is 21.1 Å². The van der Waals surface area contributed by atoms with Gasteiger partial charge in [-0.3, -0.25) is 9.59 Å². The Morgan fingerprint density at radius 2 is 2.22 bits per heavy atom. The lowest BCUT2D eigenvalue weighted by Gasteiger charge is -2.18. The number of benzene rings is 1. The van der Waals surface area contributed by atoms with Gasteiger partial charge < -0.3 is 10.6 Å². The molecule has 1 aromatic carbocycles. The molecule has 0 radical (unpaired) electrons. The van der Waals surface area contributed by atoms with Crippen LogP contribution in [0.5, 0.6) is 0 Å². The molecule has 1 aliphatic heterocycles. The fraction of sp³-hybridized carbons (Fsp3) is 0.273. The second-order valence-corrected chi connectivity index (χ2v) is 5.29. The van der Waals surface area contributed by atoms with Crippen LogP contribution in [0.4, 0.5) is 10.1 Å². The molecule has 2 rings (SSSR count). The van der Waals surface area contributed by atoms with E-state index in [1.165, 1.54) is 11.0 Å². The zero-order valence-electron chi connectivity index (χ0n) is 9.12. The molecule has 1 heterocycles. The molecular formula is C11H9BrClFN2O2. The summed E-state index contributed by atoms with van der Waals surface area (Å²) < 4.78 is 13.7. The van der Waals surface area contributed by atoms with E-state index in [2.05, 4.69) is 15.9 Å². The number of hydrogen-bond acceptors (Lipinski definition) is 2. The molecule has 0 saturated carbocycles. The van der Waals surface area contributed by atoms with Crippen molar-refractivity contribution in [2.75, 3.05) is 11.4 Å². The molecule has 1 aliphatic rings. The van der Waals surface area contributed by atoms with Gasteiger partial charge in [-0.1, -0.05) is 11.6 Å². The highest BCUT2D eigenvalue weighted by Gasteiger charge is 2.35. The van der Waals surface area contributed by atoms with Gasteiger partial charge in [-0.05, 0) is 22.0 Å². The molecular weight excluding hydrogens is 326 g/mol. The first-order valence-electron chi connectivity index (χ1n) is 5.14. The van der Waals surface area contributed by atoms with Crippen LogP contribution in [0, 0.1) is 11.7 Å². The van der Waals surface area contributed by atoms with Gasteiger partial charge >= 0.3 is 0 Å². The number of carbonyl (C=O) groups is 2. The fourth-order valence-electron chi connectivity index (χ4n) is 1.85. The largest absolute Gasteiger partial charge is 0.369 e. The molecule has 1 atom stereocenters. The quantitative estimate of drug-likeness (QED) is 0.841. The number of nitrogens with zero attached hydrogens (tertiary/aromatic N) is 1. The first kappa shape index (κ1) is 13.3. The van der Waals surface area contributed by atoms with Crippen molar-refractivity contribution in [3.63, 3.8) is 0 Å². The van der Waals surface area contributed by atoms with Crippen molar-refractivity contribution in [1.82, 2.24) is 0 Å². The Morgan fingerprint density at radius 3 is 2.78 bits per heavy atom. The fourth-order valence-corrected chi connectivity index (χ4v) is 2.59. The molecule has 1 saturated heterocycles. The van der Waals surface area contributed by atoms with Crippen LogP contribution in [0.15, 0.2) is 16.6 Å². The number of rotatable bonds is 2. The maximum atomic E-state index is 13.5. The lowest BCUT2D eigenvalue weighted by atomic mass is 10.1. The summed E-state index contributed by atoms with van der Waals surface area (Å²) in [6.45, 7) is 0.134. The van der Waals surface area contributed by atoms with E-state index in [1.54, 1.807) is 0 Å². The van der Waals surface area contributed by atoms with E-state index in [4.69, 9.17) is 17.3 Å². The average Bonchev–Trinajstić information content (AvgIpc) is 2.66. The zero-order valence-corrected chi connectivity index (χ0v) is 11.5. The van der Waals surface area contributed by atoms with E-state index < -0.39 is 17.6 Å². The van der Waals surface area contributed by atoms with Crippen molar-refractivity contribution < 1.29 is 14.0 Å². The van der Waals surface area contributed by atoms with E-state index in [9.17, 15) is 14.0 Å². The Bertz CT molecular complexity index is 538. The molecule has 7 heteroatoms. The normalized spacial score (nSPS) is 19.4. The summed E-state index contributed by atoms with van der Waals surface area (Å²) in [6, 6.07) is 2.53. The molecule has 2 N–H and O–H groups in total. The average molecular weight is 336 g/mol. The van der Waals surface area contributed by atoms with Crippen LogP contribution < -0.4 is 10.6 Å². The van der Waals surface area contributed by atoms with Crippen molar-refractivity contribution >= 4 is 45.0 Å². The van der Waals surface area contributed by atoms with Crippen molar-refractivity contribution in [1.29, 1.82) is 0 Å². The Kier molecular flexibility index (Phi) is 3.59. The molecule has 0 aromatic heterocycles. The van der Waals surface area contributed by atoms with Crippen molar-refractivity contribution in [3.8, 4) is 0 Å². The van der Waals surface area contributed by atoms with Gasteiger partial charge in [0.15, 0.2) is 0 Å². The first-order valence-corrected chi connectivity index (χ1v) is 6.31. The number of nitrogens with two attached hydrogens (primary N) is 1. The summed E-state index contributed by atoms with van der Waals surface area (Å²) >= 11 is 8.97. The summed E-state index contributed by atoms with van der Waals surface area (Å²) in [5, 5.41) is 0.238. The second-order valence-electron chi connectivity index (χ2n) is 4.03. The van der Waals surface area contributed by atoms with Gasteiger partial charge in [-0.25, -0.2) is 4.39 Å². The maximum Gasteiger partial charge on any atom is 0.227 e. The molecule has 96 valence electrons. The smallest absolute Gasteiger partial charge is 0.227 e. The third kappa shape index (κ3) is 2.35. The van der Waals surface area contributed by atoms with Gasteiger partial charge in [-0.2, -0.15) is 0 Å². The van der Waals surface area contributed by atoms with E-state index in [0.717, 1.165) is 6.07 Å². The molecule has 1 unspecified atom stereocenters. The minimum absolute atomic E-state index is 0.0311. The number of anilines is 1. The molecule has 18 heavy (non-hydrogen) atoms. The molecule has 1 aromatic rings. The van der Waals surface area contributed by atoms with Gasteiger partial charge in [0.25, 0.3) is 0 Å². The van der Waals surface area contributed by atoms with Crippen LogP contribution in [0.25, 0.3) is 0 Å². The number of amides is 2. The topological polar surface area (TPSA) is 63.4 Å². The minimum Gasteiger partial charge on any atom is -0.369 e. The summed E-state index contributed by atoms with van der Waals surface area (Å²) in [6.07, 6.45) is 0.0311. The summed E-state index contributed by atoms with van der Waals surface area (Å²) in [7, 11) is 0. The standard InChI is InChI=1S/C11H9BrClFN2O2/c12-6-2-7(13)9(3-8(6)14)16-4-5(11(15)18)1-10(16)17/h2-3,5H,1,4H2,(H2,15,18). The first-order chi connectivity index (χ1) is 8.40. The molecule has 4 nitrogen and oxygen atoms in total. The highest BCUT2D eigenvalue weighted by Crippen LogP contribution is 2.34. The summed E-state index contributed by atoms with van der Waals surface area (Å²) in [5.74, 6) is -1.91. The van der Waals surface area contributed by atoms with Crippen molar-refractivity contribution in [2.24, 2.45) is 11.7 Å². The molecule has 0 bridgehead atoms. The zero-order chi connectivity index (χ0) is 13.4. The maximum absolute atomic E-state index is 13.5. The van der Waals surface area contributed by atoms with Gasteiger partial charge in [0.2, 0.25) is 11.8 Å². The third-order valence-electron chi connectivity index (χ3n) is 2.81. The molecule has 1 fully saturated rings. The molecule has 2 amide bonds. The Labute approximate surface area is 116 Å². The van der Waals surface area contributed by atoms with Crippen LogP contribution >= 0.6 is 27.5 Å². The Hall–Kier alpha value is -1.14.